The summed E-state index contributed by atoms with van der Waals surface area (Å²) in [6, 6.07) is 17.9. The summed E-state index contributed by atoms with van der Waals surface area (Å²) in [6.45, 7) is 7.24. The molecule has 0 aliphatic rings. The number of ether oxygens (including phenoxy) is 1. The first-order valence-electron chi connectivity index (χ1n) is 10.8. The maximum Gasteiger partial charge on any atom is 0.220 e. The minimum Gasteiger partial charge on any atom is -0.494 e. The molecule has 1 amide bonds. The van der Waals surface area contributed by atoms with Crippen LogP contribution in [0, 0.1) is 13.8 Å². The standard InChI is InChI=1S/C25H27N5O2/c1-4-32-21-9-6-19(7-10-21)16-26-25(31)14-13-24-28-27-23-12-11-22(29-30(23)24)20-8-5-17(2)18(3)15-20/h5-12,15H,4,13-14,16H2,1-3H3,(H,26,31). The Morgan fingerprint density at radius 2 is 1.81 bits per heavy atom. The molecule has 4 rings (SSSR count). The van der Waals surface area contributed by atoms with Crippen LogP contribution in [0.2, 0.25) is 0 Å². The molecule has 4 aromatic rings. The van der Waals surface area contributed by atoms with Gasteiger partial charge in [-0.1, -0.05) is 24.3 Å². The topological polar surface area (TPSA) is 81.4 Å². The summed E-state index contributed by atoms with van der Waals surface area (Å²) in [4.78, 5) is 12.4. The average Bonchev–Trinajstić information content (AvgIpc) is 3.21. The van der Waals surface area contributed by atoms with Crippen LogP contribution in [0.4, 0.5) is 0 Å². The molecule has 0 bridgehead atoms. The molecular formula is C25H27N5O2. The van der Waals surface area contributed by atoms with E-state index in [0.29, 0.717) is 37.5 Å². The van der Waals surface area contributed by atoms with Crippen LogP contribution in [0.1, 0.15) is 35.9 Å². The molecule has 0 fully saturated rings. The fourth-order valence-corrected chi connectivity index (χ4v) is 3.43. The quantitative estimate of drug-likeness (QED) is 0.457. The van der Waals surface area contributed by atoms with Crippen molar-refractivity contribution in [1.29, 1.82) is 0 Å². The third kappa shape index (κ3) is 4.94. The lowest BCUT2D eigenvalue weighted by Gasteiger charge is -2.07. The minimum atomic E-state index is -0.0408. The molecule has 0 spiro atoms. The van der Waals surface area contributed by atoms with E-state index in [4.69, 9.17) is 9.84 Å². The highest BCUT2D eigenvalue weighted by atomic mass is 16.5. The second-order valence-corrected chi connectivity index (χ2v) is 7.76. The lowest BCUT2D eigenvalue weighted by molar-refractivity contribution is -0.121. The molecular weight excluding hydrogens is 402 g/mol. The molecule has 7 nitrogen and oxygen atoms in total. The van der Waals surface area contributed by atoms with Crippen LogP contribution in [0.25, 0.3) is 16.9 Å². The van der Waals surface area contributed by atoms with Crippen LogP contribution in [0.5, 0.6) is 5.75 Å². The molecule has 0 saturated carbocycles. The third-order valence-electron chi connectivity index (χ3n) is 5.43. The summed E-state index contributed by atoms with van der Waals surface area (Å²) >= 11 is 0. The van der Waals surface area contributed by atoms with Gasteiger partial charge in [0.15, 0.2) is 11.5 Å². The van der Waals surface area contributed by atoms with Gasteiger partial charge in [-0.2, -0.15) is 9.61 Å². The van der Waals surface area contributed by atoms with Gasteiger partial charge < -0.3 is 10.1 Å². The number of aryl methyl sites for hydroxylation is 3. The number of hydrogen-bond acceptors (Lipinski definition) is 5. The number of hydrogen-bond donors (Lipinski definition) is 1. The van der Waals surface area contributed by atoms with Crippen LogP contribution in [0.3, 0.4) is 0 Å². The third-order valence-corrected chi connectivity index (χ3v) is 5.43. The van der Waals surface area contributed by atoms with Crippen molar-refractivity contribution in [2.75, 3.05) is 6.61 Å². The normalized spacial score (nSPS) is 11.0. The van der Waals surface area contributed by atoms with Gasteiger partial charge in [-0.05, 0) is 67.8 Å². The van der Waals surface area contributed by atoms with E-state index >= 15 is 0 Å². The van der Waals surface area contributed by atoms with Gasteiger partial charge in [-0.3, -0.25) is 4.79 Å². The van der Waals surface area contributed by atoms with E-state index in [1.54, 1.807) is 4.52 Å². The smallest absolute Gasteiger partial charge is 0.220 e. The van der Waals surface area contributed by atoms with Gasteiger partial charge in [0.05, 0.1) is 12.3 Å². The van der Waals surface area contributed by atoms with Gasteiger partial charge in [0.25, 0.3) is 0 Å². The molecule has 7 heteroatoms. The molecule has 0 radical (unpaired) electrons. The average molecular weight is 430 g/mol. The number of nitrogens with zero attached hydrogens (tertiary/aromatic N) is 4. The number of carbonyl (C=O) groups excluding carboxylic acids is 1. The van der Waals surface area contributed by atoms with Crippen LogP contribution >= 0.6 is 0 Å². The maximum absolute atomic E-state index is 12.4. The molecule has 2 heterocycles. The van der Waals surface area contributed by atoms with E-state index in [0.717, 1.165) is 22.6 Å². The number of rotatable bonds is 8. The predicted octanol–water partition coefficient (Wildman–Crippen LogP) is 4.06. The van der Waals surface area contributed by atoms with Gasteiger partial charge in [-0.25, -0.2) is 0 Å². The van der Waals surface area contributed by atoms with Crippen LogP contribution in [-0.2, 0) is 17.8 Å². The lowest BCUT2D eigenvalue weighted by Crippen LogP contribution is -2.23. The zero-order valence-electron chi connectivity index (χ0n) is 18.6. The zero-order valence-corrected chi connectivity index (χ0v) is 18.6. The van der Waals surface area contributed by atoms with E-state index in [9.17, 15) is 4.79 Å². The molecule has 164 valence electrons. The Labute approximate surface area is 187 Å². The molecule has 0 aliphatic carbocycles. The SMILES string of the molecule is CCOc1ccc(CNC(=O)CCc2nnc3ccc(-c4ccc(C)c(C)c4)nn23)cc1. The highest BCUT2D eigenvalue weighted by molar-refractivity contribution is 5.76. The van der Waals surface area contributed by atoms with Crippen molar-refractivity contribution in [2.24, 2.45) is 0 Å². The number of amides is 1. The van der Waals surface area contributed by atoms with Crippen molar-refractivity contribution in [3.05, 3.63) is 77.1 Å². The Morgan fingerprint density at radius 3 is 2.56 bits per heavy atom. The van der Waals surface area contributed by atoms with Crippen LogP contribution < -0.4 is 10.1 Å². The Morgan fingerprint density at radius 1 is 1.00 bits per heavy atom. The van der Waals surface area contributed by atoms with Crippen molar-refractivity contribution in [3.63, 3.8) is 0 Å². The molecule has 2 aromatic heterocycles. The first-order valence-corrected chi connectivity index (χ1v) is 10.8. The number of benzene rings is 2. The summed E-state index contributed by atoms with van der Waals surface area (Å²) in [5, 5.41) is 16.1. The first-order chi connectivity index (χ1) is 15.5. The highest BCUT2D eigenvalue weighted by Crippen LogP contribution is 2.21. The summed E-state index contributed by atoms with van der Waals surface area (Å²) in [7, 11) is 0. The first kappa shape index (κ1) is 21.5. The monoisotopic (exact) mass is 429 g/mol. The Hall–Kier alpha value is -3.74. The van der Waals surface area contributed by atoms with Gasteiger partial charge >= 0.3 is 0 Å². The fourth-order valence-electron chi connectivity index (χ4n) is 3.43. The van der Waals surface area contributed by atoms with Crippen molar-refractivity contribution in [1.82, 2.24) is 25.1 Å². The van der Waals surface area contributed by atoms with Crippen molar-refractivity contribution >= 4 is 11.6 Å². The van der Waals surface area contributed by atoms with E-state index in [-0.39, 0.29) is 5.91 Å². The molecule has 0 saturated heterocycles. The molecule has 0 aliphatic heterocycles. The number of fused-ring (bicyclic) bond motifs is 1. The number of carbonyl (C=O) groups is 1. The largest absolute Gasteiger partial charge is 0.494 e. The van der Waals surface area contributed by atoms with Crippen LogP contribution in [0.15, 0.2) is 54.6 Å². The van der Waals surface area contributed by atoms with E-state index < -0.39 is 0 Å². The lowest BCUT2D eigenvalue weighted by atomic mass is 10.0. The summed E-state index contributed by atoms with van der Waals surface area (Å²) in [6.07, 6.45) is 0.771. The van der Waals surface area contributed by atoms with Gasteiger partial charge in [0.1, 0.15) is 5.75 Å². The maximum atomic E-state index is 12.4. The van der Waals surface area contributed by atoms with Gasteiger partial charge in [-0.15, -0.1) is 10.2 Å². The zero-order chi connectivity index (χ0) is 22.5. The molecule has 0 atom stereocenters. The van der Waals surface area contributed by atoms with Crippen LogP contribution in [-0.4, -0.2) is 32.3 Å². The Kier molecular flexibility index (Phi) is 6.44. The van der Waals surface area contributed by atoms with E-state index in [1.165, 1.54) is 11.1 Å². The second-order valence-electron chi connectivity index (χ2n) is 7.76. The molecule has 2 aromatic carbocycles. The van der Waals surface area contributed by atoms with E-state index in [1.807, 2.05) is 43.3 Å². The molecule has 0 unspecified atom stereocenters. The number of aromatic nitrogens is 4. The summed E-state index contributed by atoms with van der Waals surface area (Å²) in [5.74, 6) is 1.46. The second kappa shape index (κ2) is 9.60. The van der Waals surface area contributed by atoms with E-state index in [2.05, 4.69) is 47.6 Å². The minimum absolute atomic E-state index is 0.0408. The summed E-state index contributed by atoms with van der Waals surface area (Å²) < 4.78 is 7.17. The molecule has 32 heavy (non-hydrogen) atoms. The van der Waals surface area contributed by atoms with Crippen molar-refractivity contribution < 1.29 is 9.53 Å². The Bertz CT molecular complexity index is 1230. The highest BCUT2D eigenvalue weighted by Gasteiger charge is 2.11. The van der Waals surface area contributed by atoms with Crippen molar-refractivity contribution in [2.45, 2.75) is 40.2 Å². The predicted molar refractivity (Wildman–Crippen MR) is 123 cm³/mol. The Balaban J connectivity index is 1.39. The summed E-state index contributed by atoms with van der Waals surface area (Å²) in [5.41, 5.74) is 6.05. The number of nitrogens with one attached hydrogen (secondary N) is 1. The van der Waals surface area contributed by atoms with Gasteiger partial charge in [0, 0.05) is 24.9 Å². The van der Waals surface area contributed by atoms with Crippen molar-refractivity contribution in [3.8, 4) is 17.0 Å². The molecule has 1 N–H and O–H groups in total. The van der Waals surface area contributed by atoms with Gasteiger partial charge in [0.2, 0.25) is 5.91 Å². The fraction of sp³-hybridized carbons (Fsp3) is 0.280.